The first kappa shape index (κ1) is 13.3. The molecular formula is C11H12N4O3S. The van der Waals surface area contributed by atoms with Crippen molar-refractivity contribution in [3.05, 3.63) is 34.5 Å². The number of aromatic nitrogens is 4. The van der Waals surface area contributed by atoms with Crippen molar-refractivity contribution in [2.45, 2.75) is 29.9 Å². The van der Waals surface area contributed by atoms with Crippen molar-refractivity contribution in [3.63, 3.8) is 0 Å². The third kappa shape index (κ3) is 2.84. The third-order valence-electron chi connectivity index (χ3n) is 2.35. The Bertz CT molecular complexity index is 662. The number of carbonyl (C=O) groups is 1. The minimum atomic E-state index is -1.09. The number of aromatic carboxylic acids is 1. The molecule has 0 atom stereocenters. The molecule has 0 unspecified atom stereocenters. The van der Waals surface area contributed by atoms with E-state index in [1.54, 1.807) is 6.07 Å². The van der Waals surface area contributed by atoms with Gasteiger partial charge in [0.15, 0.2) is 5.16 Å². The van der Waals surface area contributed by atoms with Gasteiger partial charge in [-0.15, -0.1) is 5.10 Å². The first-order valence-electron chi connectivity index (χ1n) is 5.53. The second kappa shape index (κ2) is 5.27. The van der Waals surface area contributed by atoms with E-state index in [0.717, 1.165) is 0 Å². The number of hydrogen-bond acceptors (Lipinski definition) is 5. The topological polar surface area (TPSA) is 101 Å². The molecule has 19 heavy (non-hydrogen) atoms. The SMILES string of the molecule is CC(C)n1c(Sc2ccnc(C(=O)O)c2)n[nH]c1=O. The van der Waals surface area contributed by atoms with Crippen molar-refractivity contribution in [2.24, 2.45) is 0 Å². The van der Waals surface area contributed by atoms with Crippen LogP contribution in [0.1, 0.15) is 30.4 Å². The van der Waals surface area contributed by atoms with E-state index >= 15 is 0 Å². The number of carboxylic acids is 1. The quantitative estimate of drug-likeness (QED) is 0.877. The number of nitrogens with zero attached hydrogens (tertiary/aromatic N) is 3. The van der Waals surface area contributed by atoms with E-state index in [9.17, 15) is 9.59 Å². The van der Waals surface area contributed by atoms with Crippen molar-refractivity contribution in [2.75, 3.05) is 0 Å². The lowest BCUT2D eigenvalue weighted by atomic mass is 10.3. The standard InChI is InChI=1S/C11H12N4O3S/c1-6(2)15-10(18)13-14-11(15)19-7-3-4-12-8(5-7)9(16)17/h3-6H,1-2H3,(H,13,18)(H,16,17). The molecule has 0 aliphatic rings. The van der Waals surface area contributed by atoms with Gasteiger partial charge in [-0.1, -0.05) is 0 Å². The maximum absolute atomic E-state index is 11.6. The molecule has 2 aromatic rings. The van der Waals surface area contributed by atoms with E-state index in [1.807, 2.05) is 13.8 Å². The molecule has 2 rings (SSSR count). The highest BCUT2D eigenvalue weighted by Gasteiger charge is 2.13. The maximum Gasteiger partial charge on any atom is 0.354 e. The summed E-state index contributed by atoms with van der Waals surface area (Å²) in [5, 5.41) is 15.7. The normalized spacial score (nSPS) is 10.9. The highest BCUT2D eigenvalue weighted by atomic mass is 32.2. The molecule has 0 aliphatic carbocycles. The Morgan fingerprint density at radius 2 is 2.26 bits per heavy atom. The number of carboxylic acid groups (broad SMARTS) is 1. The van der Waals surface area contributed by atoms with Gasteiger partial charge in [0.1, 0.15) is 5.69 Å². The molecule has 100 valence electrons. The molecule has 0 spiro atoms. The van der Waals surface area contributed by atoms with Crippen LogP contribution < -0.4 is 5.69 Å². The van der Waals surface area contributed by atoms with Crippen molar-refractivity contribution in [3.8, 4) is 0 Å². The average molecular weight is 280 g/mol. The molecule has 7 nitrogen and oxygen atoms in total. The fraction of sp³-hybridized carbons (Fsp3) is 0.273. The number of H-pyrrole nitrogens is 1. The summed E-state index contributed by atoms with van der Waals surface area (Å²) in [5.74, 6) is -1.09. The molecule has 0 radical (unpaired) electrons. The van der Waals surface area contributed by atoms with E-state index in [4.69, 9.17) is 5.11 Å². The Morgan fingerprint density at radius 1 is 1.53 bits per heavy atom. The molecule has 8 heteroatoms. The van der Waals surface area contributed by atoms with Gasteiger partial charge < -0.3 is 5.11 Å². The van der Waals surface area contributed by atoms with Gasteiger partial charge >= 0.3 is 11.7 Å². The highest BCUT2D eigenvalue weighted by molar-refractivity contribution is 7.99. The lowest BCUT2D eigenvalue weighted by Gasteiger charge is -2.08. The Kier molecular flexibility index (Phi) is 3.70. The van der Waals surface area contributed by atoms with E-state index in [0.29, 0.717) is 10.1 Å². The molecular weight excluding hydrogens is 268 g/mol. The largest absolute Gasteiger partial charge is 0.477 e. The summed E-state index contributed by atoms with van der Waals surface area (Å²) in [4.78, 5) is 26.8. The van der Waals surface area contributed by atoms with Crippen LogP contribution in [-0.4, -0.2) is 30.8 Å². The van der Waals surface area contributed by atoms with Gasteiger partial charge in [-0.3, -0.25) is 4.57 Å². The first-order valence-corrected chi connectivity index (χ1v) is 6.35. The van der Waals surface area contributed by atoms with Crippen LogP contribution in [0.5, 0.6) is 0 Å². The molecule has 0 fully saturated rings. The Morgan fingerprint density at radius 3 is 2.89 bits per heavy atom. The van der Waals surface area contributed by atoms with Crippen LogP contribution in [0.4, 0.5) is 0 Å². The third-order valence-corrected chi connectivity index (χ3v) is 3.31. The van der Waals surface area contributed by atoms with Crippen LogP contribution in [0.2, 0.25) is 0 Å². The summed E-state index contributed by atoms with van der Waals surface area (Å²) in [7, 11) is 0. The van der Waals surface area contributed by atoms with Crippen molar-refractivity contribution < 1.29 is 9.90 Å². The second-order valence-electron chi connectivity index (χ2n) is 4.06. The predicted octanol–water partition coefficient (Wildman–Crippen LogP) is 1.40. The highest BCUT2D eigenvalue weighted by Crippen LogP contribution is 2.26. The molecule has 0 bridgehead atoms. The lowest BCUT2D eigenvalue weighted by molar-refractivity contribution is 0.0690. The van der Waals surface area contributed by atoms with E-state index in [-0.39, 0.29) is 17.4 Å². The van der Waals surface area contributed by atoms with Gasteiger partial charge in [0.05, 0.1) is 0 Å². The molecule has 2 N–H and O–H groups in total. The Labute approximate surface area is 112 Å². The summed E-state index contributed by atoms with van der Waals surface area (Å²) in [6.07, 6.45) is 1.41. The molecule has 0 saturated heterocycles. The summed E-state index contributed by atoms with van der Waals surface area (Å²) >= 11 is 1.21. The van der Waals surface area contributed by atoms with Crippen LogP contribution in [0.25, 0.3) is 0 Å². The molecule has 0 saturated carbocycles. The number of hydrogen-bond donors (Lipinski definition) is 2. The first-order chi connectivity index (χ1) is 8.99. The van der Waals surface area contributed by atoms with Gasteiger partial charge in [-0.2, -0.15) is 0 Å². The van der Waals surface area contributed by atoms with E-state index < -0.39 is 5.97 Å². The lowest BCUT2D eigenvalue weighted by Crippen LogP contribution is -2.19. The van der Waals surface area contributed by atoms with Gasteiger partial charge in [-0.25, -0.2) is 19.7 Å². The zero-order chi connectivity index (χ0) is 14.0. The minimum absolute atomic E-state index is 0.0328. The van der Waals surface area contributed by atoms with Crippen molar-refractivity contribution in [1.82, 2.24) is 19.7 Å². The second-order valence-corrected chi connectivity index (χ2v) is 5.10. The average Bonchev–Trinajstić information content (AvgIpc) is 2.70. The summed E-state index contributed by atoms with van der Waals surface area (Å²) < 4.78 is 1.51. The van der Waals surface area contributed by atoms with Crippen LogP contribution >= 0.6 is 11.8 Å². The minimum Gasteiger partial charge on any atom is -0.477 e. The number of aromatic amines is 1. The Balaban J connectivity index is 2.34. The van der Waals surface area contributed by atoms with Crippen LogP contribution in [0, 0.1) is 0 Å². The van der Waals surface area contributed by atoms with E-state index in [2.05, 4.69) is 15.2 Å². The van der Waals surface area contributed by atoms with Gasteiger partial charge in [-0.05, 0) is 37.7 Å². The van der Waals surface area contributed by atoms with Crippen LogP contribution in [0.3, 0.4) is 0 Å². The summed E-state index contributed by atoms with van der Waals surface area (Å²) in [6, 6.07) is 3.08. The predicted molar refractivity (Wildman–Crippen MR) is 68.6 cm³/mol. The fourth-order valence-electron chi connectivity index (χ4n) is 1.51. The Hall–Kier alpha value is -2.09. The van der Waals surface area contributed by atoms with Crippen LogP contribution in [-0.2, 0) is 0 Å². The molecule has 2 heterocycles. The summed E-state index contributed by atoms with van der Waals surface area (Å²) in [5.41, 5.74) is -0.330. The number of pyridine rings is 1. The molecule has 0 aromatic carbocycles. The van der Waals surface area contributed by atoms with Crippen molar-refractivity contribution in [1.29, 1.82) is 0 Å². The van der Waals surface area contributed by atoms with E-state index in [1.165, 1.54) is 28.6 Å². The smallest absolute Gasteiger partial charge is 0.354 e. The zero-order valence-electron chi connectivity index (χ0n) is 10.3. The fourth-order valence-corrected chi connectivity index (χ4v) is 2.51. The number of nitrogens with one attached hydrogen (secondary N) is 1. The maximum atomic E-state index is 11.6. The zero-order valence-corrected chi connectivity index (χ0v) is 11.1. The molecule has 0 aliphatic heterocycles. The van der Waals surface area contributed by atoms with Crippen molar-refractivity contribution >= 4 is 17.7 Å². The summed E-state index contributed by atoms with van der Waals surface area (Å²) in [6.45, 7) is 3.74. The monoisotopic (exact) mass is 280 g/mol. The van der Waals surface area contributed by atoms with Gasteiger partial charge in [0, 0.05) is 17.1 Å². The molecule has 0 amide bonds. The number of rotatable bonds is 4. The van der Waals surface area contributed by atoms with Gasteiger partial charge in [0.2, 0.25) is 0 Å². The van der Waals surface area contributed by atoms with Crippen LogP contribution in [0.15, 0.2) is 33.2 Å². The van der Waals surface area contributed by atoms with Gasteiger partial charge in [0.25, 0.3) is 0 Å². The molecule has 2 aromatic heterocycles.